The van der Waals surface area contributed by atoms with E-state index in [4.69, 9.17) is 4.74 Å². The molecule has 1 heterocycles. The van der Waals surface area contributed by atoms with E-state index in [0.29, 0.717) is 0 Å². The Morgan fingerprint density at radius 3 is 2.81 bits per heavy atom. The number of rotatable bonds is 3. The molecule has 0 bridgehead atoms. The summed E-state index contributed by atoms with van der Waals surface area (Å²) in [5.74, 6) is 0. The van der Waals surface area contributed by atoms with Crippen molar-refractivity contribution in [2.75, 3.05) is 32.2 Å². The van der Waals surface area contributed by atoms with Crippen LogP contribution in [0.1, 0.15) is 11.7 Å². The van der Waals surface area contributed by atoms with Crippen molar-refractivity contribution in [3.05, 3.63) is 23.8 Å². The molecule has 1 atom stereocenters. The normalized spacial score (nSPS) is 21.0. The van der Waals surface area contributed by atoms with Gasteiger partial charge in [-0.2, -0.15) is 0 Å². The molecule has 1 fully saturated rings. The van der Waals surface area contributed by atoms with Crippen LogP contribution < -0.4 is 5.32 Å². The number of benzene rings is 1. The van der Waals surface area contributed by atoms with E-state index >= 15 is 0 Å². The van der Waals surface area contributed by atoms with Gasteiger partial charge in [-0.1, -0.05) is 6.07 Å². The molecule has 1 aliphatic heterocycles. The third kappa shape index (κ3) is 2.74. The largest absolute Gasteiger partial charge is 0.371 e. The third-order valence-electron chi connectivity index (χ3n) is 2.72. The smallest absolute Gasteiger partial charge is 0.0960 e. The highest BCUT2D eigenvalue weighted by atomic mass is 32.2. The molecular weight excluding hydrogens is 238 g/mol. The number of hydrogen-bond donors (Lipinski definition) is 1. The van der Waals surface area contributed by atoms with Crippen LogP contribution in [-0.2, 0) is 4.74 Å². The Kier molecular flexibility index (Phi) is 4.58. The van der Waals surface area contributed by atoms with Gasteiger partial charge in [0, 0.05) is 22.9 Å². The first-order valence-electron chi connectivity index (χ1n) is 5.39. The Hall–Kier alpha value is -0.160. The monoisotopic (exact) mass is 255 g/mol. The molecule has 2 rings (SSSR count). The number of nitrogens with one attached hydrogen (secondary N) is 1. The van der Waals surface area contributed by atoms with Gasteiger partial charge in [-0.25, -0.2) is 0 Å². The molecule has 2 nitrogen and oxygen atoms in total. The predicted octanol–water partition coefficient (Wildman–Crippen LogP) is 2.79. The lowest BCUT2D eigenvalue weighted by Gasteiger charge is -2.25. The second-order valence-electron chi connectivity index (χ2n) is 3.67. The zero-order chi connectivity index (χ0) is 11.4. The number of morpholine rings is 1. The molecule has 0 aliphatic carbocycles. The fraction of sp³-hybridized carbons (Fsp3) is 0.500. The zero-order valence-electron chi connectivity index (χ0n) is 9.66. The maximum Gasteiger partial charge on any atom is 0.0960 e. The lowest BCUT2D eigenvalue weighted by Crippen LogP contribution is -2.33. The van der Waals surface area contributed by atoms with E-state index in [1.165, 1.54) is 15.4 Å². The molecule has 16 heavy (non-hydrogen) atoms. The highest BCUT2D eigenvalue weighted by Gasteiger charge is 2.18. The van der Waals surface area contributed by atoms with Crippen LogP contribution in [0.5, 0.6) is 0 Å². The van der Waals surface area contributed by atoms with Gasteiger partial charge in [0.2, 0.25) is 0 Å². The molecule has 0 spiro atoms. The summed E-state index contributed by atoms with van der Waals surface area (Å²) < 4.78 is 5.80. The first-order chi connectivity index (χ1) is 7.85. The van der Waals surface area contributed by atoms with Crippen molar-refractivity contribution in [1.29, 1.82) is 0 Å². The van der Waals surface area contributed by atoms with Gasteiger partial charge in [-0.3, -0.25) is 0 Å². The minimum absolute atomic E-state index is 0.215. The topological polar surface area (TPSA) is 21.3 Å². The fourth-order valence-electron chi connectivity index (χ4n) is 1.85. The molecule has 1 unspecified atom stereocenters. The van der Waals surface area contributed by atoms with E-state index in [1.54, 1.807) is 23.5 Å². The van der Waals surface area contributed by atoms with Crippen LogP contribution in [-0.4, -0.2) is 32.2 Å². The standard InChI is InChI=1S/C12H17NOS2/c1-15-9-3-4-10(12(7-9)16-2)11-8-13-5-6-14-11/h3-4,7,11,13H,5-6,8H2,1-2H3. The quantitative estimate of drug-likeness (QED) is 0.838. The summed E-state index contributed by atoms with van der Waals surface area (Å²) >= 11 is 3.58. The molecule has 1 N–H and O–H groups in total. The van der Waals surface area contributed by atoms with E-state index in [0.717, 1.165) is 19.7 Å². The van der Waals surface area contributed by atoms with Gasteiger partial charge in [0.1, 0.15) is 0 Å². The zero-order valence-corrected chi connectivity index (χ0v) is 11.3. The maximum absolute atomic E-state index is 5.80. The van der Waals surface area contributed by atoms with Crippen molar-refractivity contribution in [3.63, 3.8) is 0 Å². The number of thioether (sulfide) groups is 2. The lowest BCUT2D eigenvalue weighted by atomic mass is 10.1. The summed E-state index contributed by atoms with van der Waals surface area (Å²) in [6.07, 6.45) is 4.45. The number of ether oxygens (including phenoxy) is 1. The molecule has 4 heteroatoms. The Morgan fingerprint density at radius 1 is 1.31 bits per heavy atom. The van der Waals surface area contributed by atoms with Crippen LogP contribution in [0.4, 0.5) is 0 Å². The van der Waals surface area contributed by atoms with Crippen LogP contribution in [0.25, 0.3) is 0 Å². The Balaban J connectivity index is 2.24. The summed E-state index contributed by atoms with van der Waals surface area (Å²) in [4.78, 5) is 2.65. The van der Waals surface area contributed by atoms with Crippen molar-refractivity contribution in [2.45, 2.75) is 15.9 Å². The molecule has 0 amide bonds. The Morgan fingerprint density at radius 2 is 2.19 bits per heavy atom. The second-order valence-corrected chi connectivity index (χ2v) is 5.40. The summed E-state index contributed by atoms with van der Waals surface area (Å²) in [5.41, 5.74) is 1.32. The summed E-state index contributed by atoms with van der Waals surface area (Å²) in [7, 11) is 0. The van der Waals surface area contributed by atoms with Gasteiger partial charge < -0.3 is 10.1 Å². The second kappa shape index (κ2) is 5.96. The average molecular weight is 255 g/mol. The molecular formula is C12H17NOS2. The molecule has 1 aromatic carbocycles. The van der Waals surface area contributed by atoms with E-state index in [-0.39, 0.29) is 6.10 Å². The minimum Gasteiger partial charge on any atom is -0.371 e. The van der Waals surface area contributed by atoms with Crippen molar-refractivity contribution < 1.29 is 4.74 Å². The first kappa shape index (κ1) is 12.3. The van der Waals surface area contributed by atoms with Crippen LogP contribution in [0, 0.1) is 0 Å². The first-order valence-corrected chi connectivity index (χ1v) is 7.84. The van der Waals surface area contributed by atoms with Crippen LogP contribution in [0.3, 0.4) is 0 Å². The Bertz CT molecular complexity index is 351. The molecule has 1 aromatic rings. The van der Waals surface area contributed by atoms with E-state index in [1.807, 2.05) is 0 Å². The van der Waals surface area contributed by atoms with Gasteiger partial charge in [0.05, 0.1) is 12.7 Å². The average Bonchev–Trinajstić information content (AvgIpc) is 2.39. The molecule has 88 valence electrons. The highest BCUT2D eigenvalue weighted by molar-refractivity contribution is 7.99. The van der Waals surface area contributed by atoms with Gasteiger partial charge in [-0.15, -0.1) is 23.5 Å². The highest BCUT2D eigenvalue weighted by Crippen LogP contribution is 2.32. The van der Waals surface area contributed by atoms with Crippen molar-refractivity contribution in [1.82, 2.24) is 5.32 Å². The van der Waals surface area contributed by atoms with Crippen molar-refractivity contribution in [3.8, 4) is 0 Å². The van der Waals surface area contributed by atoms with Crippen molar-refractivity contribution >= 4 is 23.5 Å². The van der Waals surface area contributed by atoms with E-state index in [2.05, 4.69) is 36.0 Å². The lowest BCUT2D eigenvalue weighted by molar-refractivity contribution is 0.0260. The molecule has 1 aliphatic rings. The Labute approximate surface area is 106 Å². The van der Waals surface area contributed by atoms with Gasteiger partial charge in [0.15, 0.2) is 0 Å². The van der Waals surface area contributed by atoms with E-state index in [9.17, 15) is 0 Å². The summed E-state index contributed by atoms with van der Waals surface area (Å²) in [6.45, 7) is 2.70. The SMILES string of the molecule is CSc1ccc(C2CNCCO2)c(SC)c1. The maximum atomic E-state index is 5.80. The van der Waals surface area contributed by atoms with Crippen molar-refractivity contribution in [2.24, 2.45) is 0 Å². The third-order valence-corrected chi connectivity index (χ3v) is 4.23. The molecule has 1 saturated heterocycles. The van der Waals surface area contributed by atoms with Gasteiger partial charge in [-0.05, 0) is 30.2 Å². The fourth-order valence-corrected chi connectivity index (χ4v) is 3.04. The number of hydrogen-bond acceptors (Lipinski definition) is 4. The predicted molar refractivity (Wildman–Crippen MR) is 71.6 cm³/mol. The van der Waals surface area contributed by atoms with Crippen LogP contribution >= 0.6 is 23.5 Å². The summed E-state index contributed by atoms with van der Waals surface area (Å²) in [5, 5.41) is 3.37. The minimum atomic E-state index is 0.215. The van der Waals surface area contributed by atoms with Crippen LogP contribution in [0.2, 0.25) is 0 Å². The molecule has 0 radical (unpaired) electrons. The van der Waals surface area contributed by atoms with E-state index < -0.39 is 0 Å². The van der Waals surface area contributed by atoms with Gasteiger partial charge in [0.25, 0.3) is 0 Å². The summed E-state index contributed by atoms with van der Waals surface area (Å²) in [6, 6.07) is 6.63. The molecule has 0 saturated carbocycles. The molecule has 0 aromatic heterocycles. The van der Waals surface area contributed by atoms with Gasteiger partial charge >= 0.3 is 0 Å². The van der Waals surface area contributed by atoms with Crippen LogP contribution in [0.15, 0.2) is 28.0 Å².